The third-order valence-electron chi connectivity index (χ3n) is 5.25. The normalized spacial score (nSPS) is 15.4. The summed E-state index contributed by atoms with van der Waals surface area (Å²) in [6, 6.07) is 11.3. The van der Waals surface area contributed by atoms with Gasteiger partial charge in [-0.25, -0.2) is 5.01 Å². The van der Waals surface area contributed by atoms with Crippen molar-refractivity contribution in [3.63, 3.8) is 0 Å². The number of carbonyl (C=O) groups excluding carboxylic acids is 2. The minimum absolute atomic E-state index is 0.112. The van der Waals surface area contributed by atoms with Gasteiger partial charge in [0.05, 0.1) is 5.54 Å². The van der Waals surface area contributed by atoms with E-state index in [9.17, 15) is 9.59 Å². The van der Waals surface area contributed by atoms with Crippen LogP contribution in [0.3, 0.4) is 0 Å². The molecule has 29 heavy (non-hydrogen) atoms. The Morgan fingerprint density at radius 3 is 2.38 bits per heavy atom. The SMILES string of the molecule is CCc1ccc(C(=O)N(NC(=O)c2ccc3c(c2C)OC(C)C3)C(C)(C)C)cc1. The molecule has 0 radical (unpaired) electrons. The summed E-state index contributed by atoms with van der Waals surface area (Å²) >= 11 is 0. The Bertz CT molecular complexity index is 926. The van der Waals surface area contributed by atoms with E-state index in [-0.39, 0.29) is 17.9 Å². The smallest absolute Gasteiger partial charge is 0.272 e. The highest BCUT2D eigenvalue weighted by molar-refractivity contribution is 6.00. The van der Waals surface area contributed by atoms with Crippen LogP contribution in [0.15, 0.2) is 36.4 Å². The number of benzene rings is 2. The first-order valence-corrected chi connectivity index (χ1v) is 10.2. The van der Waals surface area contributed by atoms with Crippen molar-refractivity contribution in [3.8, 4) is 5.75 Å². The fourth-order valence-corrected chi connectivity index (χ4v) is 3.57. The second-order valence-corrected chi connectivity index (χ2v) is 8.66. The van der Waals surface area contributed by atoms with E-state index in [4.69, 9.17) is 4.74 Å². The fourth-order valence-electron chi connectivity index (χ4n) is 3.57. The van der Waals surface area contributed by atoms with Crippen molar-refractivity contribution in [1.82, 2.24) is 10.4 Å². The van der Waals surface area contributed by atoms with Gasteiger partial charge in [-0.05, 0) is 70.4 Å². The van der Waals surface area contributed by atoms with Gasteiger partial charge in [0.1, 0.15) is 11.9 Å². The molecule has 1 heterocycles. The summed E-state index contributed by atoms with van der Waals surface area (Å²) in [6.45, 7) is 11.7. The van der Waals surface area contributed by atoms with Gasteiger partial charge < -0.3 is 4.74 Å². The number of hydrogen-bond donors (Lipinski definition) is 1. The zero-order valence-corrected chi connectivity index (χ0v) is 18.1. The maximum atomic E-state index is 13.2. The van der Waals surface area contributed by atoms with E-state index in [1.54, 1.807) is 0 Å². The highest BCUT2D eigenvalue weighted by Crippen LogP contribution is 2.34. The van der Waals surface area contributed by atoms with E-state index >= 15 is 0 Å². The molecule has 0 aromatic heterocycles. The van der Waals surface area contributed by atoms with E-state index in [0.29, 0.717) is 11.1 Å². The average Bonchev–Trinajstić information content (AvgIpc) is 3.06. The molecule has 0 aliphatic carbocycles. The highest BCUT2D eigenvalue weighted by Gasteiger charge is 2.31. The average molecular weight is 395 g/mol. The van der Waals surface area contributed by atoms with Crippen molar-refractivity contribution in [2.24, 2.45) is 0 Å². The van der Waals surface area contributed by atoms with Crippen LogP contribution in [-0.4, -0.2) is 28.5 Å². The van der Waals surface area contributed by atoms with Crippen LogP contribution in [0, 0.1) is 6.92 Å². The van der Waals surface area contributed by atoms with Crippen LogP contribution < -0.4 is 10.2 Å². The monoisotopic (exact) mass is 394 g/mol. The van der Waals surface area contributed by atoms with E-state index in [0.717, 1.165) is 35.3 Å². The second kappa shape index (κ2) is 7.90. The number of hydrogen-bond acceptors (Lipinski definition) is 3. The molecule has 1 unspecified atom stereocenters. The van der Waals surface area contributed by atoms with E-state index in [2.05, 4.69) is 12.3 Å². The van der Waals surface area contributed by atoms with Crippen LogP contribution in [0.2, 0.25) is 0 Å². The number of aryl methyl sites for hydroxylation is 1. The van der Waals surface area contributed by atoms with Crippen LogP contribution in [0.1, 0.15) is 72.0 Å². The summed E-state index contributed by atoms with van der Waals surface area (Å²) in [5.74, 6) is 0.230. The largest absolute Gasteiger partial charge is 0.490 e. The van der Waals surface area contributed by atoms with Gasteiger partial charge in [-0.1, -0.05) is 25.1 Å². The van der Waals surface area contributed by atoms with E-state index < -0.39 is 5.54 Å². The number of amides is 2. The molecule has 1 aliphatic rings. The number of hydrazine groups is 1. The number of rotatable bonds is 3. The molecule has 2 aromatic carbocycles. The number of fused-ring (bicyclic) bond motifs is 1. The van der Waals surface area contributed by atoms with Crippen molar-refractivity contribution < 1.29 is 14.3 Å². The Hall–Kier alpha value is -2.82. The molecule has 2 amide bonds. The van der Waals surface area contributed by atoms with Gasteiger partial charge in [-0.15, -0.1) is 0 Å². The summed E-state index contributed by atoms with van der Waals surface area (Å²) in [5, 5.41) is 1.41. The Kier molecular flexibility index (Phi) is 5.69. The summed E-state index contributed by atoms with van der Waals surface area (Å²) < 4.78 is 5.88. The molecular formula is C24H30N2O3. The number of nitrogens with one attached hydrogen (secondary N) is 1. The lowest BCUT2D eigenvalue weighted by Crippen LogP contribution is -2.56. The zero-order chi connectivity index (χ0) is 21.3. The summed E-state index contributed by atoms with van der Waals surface area (Å²) in [7, 11) is 0. The lowest BCUT2D eigenvalue weighted by molar-refractivity contribution is 0.0358. The predicted molar refractivity (Wildman–Crippen MR) is 114 cm³/mol. The lowest BCUT2D eigenvalue weighted by atomic mass is 10.0. The molecule has 1 N–H and O–H groups in total. The minimum atomic E-state index is -0.591. The van der Waals surface area contributed by atoms with Crippen molar-refractivity contribution in [1.29, 1.82) is 0 Å². The maximum Gasteiger partial charge on any atom is 0.272 e. The molecule has 5 nitrogen and oxygen atoms in total. The van der Waals surface area contributed by atoms with Crippen LogP contribution in [-0.2, 0) is 12.8 Å². The van der Waals surface area contributed by atoms with Crippen molar-refractivity contribution in [2.45, 2.75) is 66.0 Å². The van der Waals surface area contributed by atoms with Crippen LogP contribution in [0.5, 0.6) is 5.75 Å². The topological polar surface area (TPSA) is 58.6 Å². The Labute approximate surface area is 173 Å². The molecule has 2 aromatic rings. The third kappa shape index (κ3) is 4.29. The van der Waals surface area contributed by atoms with Crippen molar-refractivity contribution >= 4 is 11.8 Å². The first-order chi connectivity index (χ1) is 13.6. The molecule has 5 heteroatoms. The van der Waals surface area contributed by atoms with Gasteiger partial charge in [0, 0.05) is 23.1 Å². The molecule has 154 valence electrons. The van der Waals surface area contributed by atoms with Crippen molar-refractivity contribution in [3.05, 3.63) is 64.2 Å². The van der Waals surface area contributed by atoms with Gasteiger partial charge in [-0.3, -0.25) is 15.0 Å². The lowest BCUT2D eigenvalue weighted by Gasteiger charge is -2.35. The van der Waals surface area contributed by atoms with Crippen LogP contribution in [0.25, 0.3) is 0 Å². The molecule has 0 saturated carbocycles. The molecule has 3 rings (SSSR count). The zero-order valence-electron chi connectivity index (χ0n) is 18.1. The molecule has 1 aliphatic heterocycles. The van der Waals surface area contributed by atoms with E-state index in [1.807, 2.05) is 71.0 Å². The third-order valence-corrected chi connectivity index (χ3v) is 5.25. The van der Waals surface area contributed by atoms with Gasteiger partial charge in [0.25, 0.3) is 11.8 Å². The Morgan fingerprint density at radius 1 is 1.14 bits per heavy atom. The standard InChI is InChI=1S/C24H30N2O3/c1-7-17-8-10-18(11-9-17)23(28)26(24(4,5)6)25-22(27)20-13-12-19-14-15(2)29-21(19)16(20)3/h8-13,15H,7,14H2,1-6H3,(H,25,27). The molecular weight excluding hydrogens is 364 g/mol. The van der Waals surface area contributed by atoms with Crippen LogP contribution >= 0.6 is 0 Å². The number of carbonyl (C=O) groups is 2. The molecule has 0 bridgehead atoms. The first kappa shape index (κ1) is 20.9. The fraction of sp³-hybridized carbons (Fsp3) is 0.417. The predicted octanol–water partition coefficient (Wildman–Crippen LogP) is 4.47. The summed E-state index contributed by atoms with van der Waals surface area (Å²) in [5.41, 5.74) is 6.38. The van der Waals surface area contributed by atoms with Gasteiger partial charge in [-0.2, -0.15) is 0 Å². The molecule has 0 fully saturated rings. The summed E-state index contributed by atoms with van der Waals surface area (Å²) in [6.07, 6.45) is 1.87. The minimum Gasteiger partial charge on any atom is -0.490 e. The first-order valence-electron chi connectivity index (χ1n) is 10.2. The van der Waals surface area contributed by atoms with E-state index in [1.165, 1.54) is 5.01 Å². The quantitative estimate of drug-likeness (QED) is 0.782. The highest BCUT2D eigenvalue weighted by atomic mass is 16.5. The second-order valence-electron chi connectivity index (χ2n) is 8.66. The molecule has 0 saturated heterocycles. The van der Waals surface area contributed by atoms with Gasteiger partial charge in [0.15, 0.2) is 0 Å². The van der Waals surface area contributed by atoms with Crippen LogP contribution in [0.4, 0.5) is 0 Å². The number of ether oxygens (including phenoxy) is 1. The van der Waals surface area contributed by atoms with Crippen molar-refractivity contribution in [2.75, 3.05) is 0 Å². The summed E-state index contributed by atoms with van der Waals surface area (Å²) in [4.78, 5) is 26.2. The number of nitrogens with zero attached hydrogens (tertiary/aromatic N) is 1. The molecule has 1 atom stereocenters. The van der Waals surface area contributed by atoms with Gasteiger partial charge >= 0.3 is 0 Å². The Balaban J connectivity index is 1.87. The van der Waals surface area contributed by atoms with Gasteiger partial charge in [0.2, 0.25) is 0 Å². The maximum absolute atomic E-state index is 13.2. The molecule has 0 spiro atoms. The Morgan fingerprint density at radius 2 is 1.79 bits per heavy atom.